The van der Waals surface area contributed by atoms with Gasteiger partial charge in [0.25, 0.3) is 5.91 Å². The van der Waals surface area contributed by atoms with E-state index in [1.807, 2.05) is 0 Å². The zero-order chi connectivity index (χ0) is 13.7. The van der Waals surface area contributed by atoms with Crippen LogP contribution in [0.3, 0.4) is 0 Å². The van der Waals surface area contributed by atoms with Crippen molar-refractivity contribution in [2.75, 3.05) is 6.54 Å². The molecule has 0 aliphatic heterocycles. The van der Waals surface area contributed by atoms with E-state index in [1.165, 1.54) is 35.6 Å². The molecule has 96 valence electrons. The summed E-state index contributed by atoms with van der Waals surface area (Å²) in [6.07, 6.45) is 0. The zero-order valence-electron chi connectivity index (χ0n) is 9.85. The number of halogens is 1. The first-order chi connectivity index (χ1) is 9.20. The van der Waals surface area contributed by atoms with Crippen LogP contribution in [0.1, 0.15) is 15.2 Å². The Labute approximate surface area is 113 Å². The van der Waals surface area contributed by atoms with E-state index in [9.17, 15) is 14.0 Å². The molecule has 0 saturated heterocycles. The van der Waals surface area contributed by atoms with Gasteiger partial charge in [0.1, 0.15) is 11.8 Å². The Bertz CT molecular complexity index is 613. The number of hydrogen-bond acceptors (Lipinski definition) is 3. The topological polar surface area (TPSA) is 46.2 Å². The summed E-state index contributed by atoms with van der Waals surface area (Å²) in [5.74, 6) is 1.15. The zero-order valence-corrected chi connectivity index (χ0v) is 10.7. The minimum absolute atomic E-state index is 0.0614. The van der Waals surface area contributed by atoms with E-state index in [0.717, 1.165) is 0 Å². The largest absolute Gasteiger partial charge is 0.346 e. The number of thiophene rings is 1. The van der Waals surface area contributed by atoms with E-state index in [2.05, 4.69) is 5.32 Å². The molecule has 1 aromatic heterocycles. The van der Waals surface area contributed by atoms with Gasteiger partial charge in [-0.3, -0.25) is 4.79 Å². The maximum atomic E-state index is 12.8. The molecule has 2 rings (SSSR count). The van der Waals surface area contributed by atoms with Crippen molar-refractivity contribution < 1.29 is 14.0 Å². The van der Waals surface area contributed by atoms with Crippen molar-refractivity contribution in [2.45, 2.75) is 0 Å². The summed E-state index contributed by atoms with van der Waals surface area (Å²) < 4.78 is 12.8. The molecule has 5 heteroatoms. The molecule has 19 heavy (non-hydrogen) atoms. The molecule has 0 radical (unpaired) electrons. The van der Waals surface area contributed by atoms with Crippen molar-refractivity contribution in [3.63, 3.8) is 0 Å². The third-order valence-electron chi connectivity index (χ3n) is 2.49. The minimum atomic E-state index is -0.378. The van der Waals surface area contributed by atoms with Gasteiger partial charge in [0.2, 0.25) is 0 Å². The Morgan fingerprint density at radius 2 is 2.00 bits per heavy atom. The average Bonchev–Trinajstić information content (AvgIpc) is 2.95. The van der Waals surface area contributed by atoms with Gasteiger partial charge in [-0.05, 0) is 29.1 Å². The predicted octanol–water partition coefficient (Wildman–Crippen LogP) is 2.53. The van der Waals surface area contributed by atoms with E-state index < -0.39 is 0 Å². The van der Waals surface area contributed by atoms with Crippen LogP contribution < -0.4 is 5.32 Å². The summed E-state index contributed by atoms with van der Waals surface area (Å²) in [7, 11) is 0. The molecule has 0 atom stereocenters. The minimum Gasteiger partial charge on any atom is -0.346 e. The first-order valence-corrected chi connectivity index (χ1v) is 6.40. The second-order valence-corrected chi connectivity index (χ2v) is 4.70. The molecule has 0 aliphatic rings. The van der Waals surface area contributed by atoms with Crippen molar-refractivity contribution in [2.24, 2.45) is 0 Å². The standard InChI is InChI=1S/C14H10FNO2S/c15-12-5-3-10(4-6-12)11(9-17)8-16-14(18)13-2-1-7-19-13/h1-7H,8H2,(H,16,18). The van der Waals surface area contributed by atoms with E-state index in [1.54, 1.807) is 23.5 Å². The fourth-order valence-electron chi connectivity index (χ4n) is 1.51. The molecule has 0 bridgehead atoms. The Balaban J connectivity index is 2.03. The van der Waals surface area contributed by atoms with Crippen LogP contribution in [0.15, 0.2) is 41.8 Å². The highest BCUT2D eigenvalue weighted by Crippen LogP contribution is 2.12. The molecule has 2 aromatic rings. The number of rotatable bonds is 4. The quantitative estimate of drug-likeness (QED) is 0.872. The third-order valence-corrected chi connectivity index (χ3v) is 3.36. The van der Waals surface area contributed by atoms with Crippen LogP contribution in [0.2, 0.25) is 0 Å². The van der Waals surface area contributed by atoms with Crippen LogP contribution in [-0.2, 0) is 4.79 Å². The lowest BCUT2D eigenvalue weighted by Crippen LogP contribution is -2.24. The van der Waals surface area contributed by atoms with E-state index in [0.29, 0.717) is 10.4 Å². The van der Waals surface area contributed by atoms with Gasteiger partial charge in [-0.15, -0.1) is 11.3 Å². The molecule has 1 aromatic carbocycles. The Hall–Kier alpha value is -2.23. The van der Waals surface area contributed by atoms with E-state index >= 15 is 0 Å². The SMILES string of the molecule is O=C=C(CNC(=O)c1cccs1)c1ccc(F)cc1. The molecule has 3 nitrogen and oxygen atoms in total. The summed E-state index contributed by atoms with van der Waals surface area (Å²) in [6, 6.07) is 8.94. The first kappa shape index (κ1) is 13.2. The summed E-state index contributed by atoms with van der Waals surface area (Å²) in [4.78, 5) is 23.2. The lowest BCUT2D eigenvalue weighted by Gasteiger charge is -2.05. The number of amides is 1. The second-order valence-electron chi connectivity index (χ2n) is 3.75. The highest BCUT2D eigenvalue weighted by molar-refractivity contribution is 7.12. The van der Waals surface area contributed by atoms with Gasteiger partial charge in [0, 0.05) is 0 Å². The molecule has 1 amide bonds. The van der Waals surface area contributed by atoms with Crippen LogP contribution in [0, 0.1) is 5.82 Å². The summed E-state index contributed by atoms with van der Waals surface area (Å²) in [6.45, 7) is 0.0614. The van der Waals surface area contributed by atoms with Gasteiger partial charge >= 0.3 is 0 Å². The first-order valence-electron chi connectivity index (χ1n) is 5.52. The van der Waals surface area contributed by atoms with Crippen LogP contribution in [0.4, 0.5) is 4.39 Å². The second kappa shape index (κ2) is 6.09. The molecule has 0 fully saturated rings. The van der Waals surface area contributed by atoms with Crippen LogP contribution >= 0.6 is 11.3 Å². The average molecular weight is 275 g/mol. The van der Waals surface area contributed by atoms with Gasteiger partial charge in [-0.25, -0.2) is 9.18 Å². The molecule has 1 heterocycles. The molecule has 0 unspecified atom stereocenters. The van der Waals surface area contributed by atoms with Crippen molar-refractivity contribution in [1.29, 1.82) is 0 Å². The van der Waals surface area contributed by atoms with Crippen molar-refractivity contribution >= 4 is 28.8 Å². The van der Waals surface area contributed by atoms with Gasteiger partial charge in [-0.2, -0.15) is 0 Å². The molecule has 0 saturated carbocycles. The maximum absolute atomic E-state index is 12.8. The summed E-state index contributed by atoms with van der Waals surface area (Å²) in [5, 5.41) is 4.42. The highest BCUT2D eigenvalue weighted by Gasteiger charge is 2.09. The van der Waals surface area contributed by atoms with Crippen LogP contribution in [0.5, 0.6) is 0 Å². The smallest absolute Gasteiger partial charge is 0.261 e. The number of carbonyl (C=O) groups is 1. The van der Waals surface area contributed by atoms with Crippen molar-refractivity contribution in [3.05, 3.63) is 58.0 Å². The molecule has 1 N–H and O–H groups in total. The highest BCUT2D eigenvalue weighted by atomic mass is 32.1. The Kier molecular flexibility index (Phi) is 4.23. The van der Waals surface area contributed by atoms with E-state index in [4.69, 9.17) is 0 Å². The number of nitrogens with one attached hydrogen (secondary N) is 1. The molecule has 0 spiro atoms. The number of benzene rings is 1. The monoisotopic (exact) mass is 275 g/mol. The number of hydrogen-bond donors (Lipinski definition) is 1. The lowest BCUT2D eigenvalue weighted by molar-refractivity contribution is 0.0963. The van der Waals surface area contributed by atoms with Gasteiger partial charge in [0.15, 0.2) is 0 Å². The fraction of sp³-hybridized carbons (Fsp3) is 0.0714. The molecular formula is C14H10FNO2S. The Morgan fingerprint density at radius 3 is 2.58 bits per heavy atom. The van der Waals surface area contributed by atoms with Gasteiger partial charge in [-0.1, -0.05) is 18.2 Å². The lowest BCUT2D eigenvalue weighted by atomic mass is 10.1. The van der Waals surface area contributed by atoms with Crippen LogP contribution in [-0.4, -0.2) is 18.4 Å². The van der Waals surface area contributed by atoms with E-state index in [-0.39, 0.29) is 23.8 Å². The normalized spacial score (nSPS) is 9.74. The maximum Gasteiger partial charge on any atom is 0.261 e. The third kappa shape index (κ3) is 3.37. The van der Waals surface area contributed by atoms with Gasteiger partial charge < -0.3 is 5.32 Å². The predicted molar refractivity (Wildman–Crippen MR) is 72.2 cm³/mol. The summed E-state index contributed by atoms with van der Waals surface area (Å²) >= 11 is 1.32. The van der Waals surface area contributed by atoms with Crippen LogP contribution in [0.25, 0.3) is 5.57 Å². The molecular weight excluding hydrogens is 265 g/mol. The summed E-state index contributed by atoms with van der Waals surface area (Å²) in [5.41, 5.74) is 0.827. The van der Waals surface area contributed by atoms with Gasteiger partial charge in [0.05, 0.1) is 17.0 Å². The van der Waals surface area contributed by atoms with Crippen molar-refractivity contribution in [1.82, 2.24) is 5.32 Å². The fourth-order valence-corrected chi connectivity index (χ4v) is 2.15. The molecule has 0 aliphatic carbocycles. The number of carbonyl (C=O) groups excluding carboxylic acids is 2. The van der Waals surface area contributed by atoms with Crippen molar-refractivity contribution in [3.8, 4) is 0 Å². The Morgan fingerprint density at radius 1 is 1.26 bits per heavy atom.